The Bertz CT molecular complexity index is 2850. The van der Waals surface area contributed by atoms with E-state index in [1.165, 1.54) is 24.3 Å². The molecule has 28 heteroatoms. The van der Waals surface area contributed by atoms with Crippen molar-refractivity contribution in [1.29, 1.82) is 0 Å². The Labute approximate surface area is 512 Å². The zero-order valence-corrected chi connectivity index (χ0v) is 51.0. The van der Waals surface area contributed by atoms with E-state index in [-0.39, 0.29) is 61.1 Å². The quantitative estimate of drug-likeness (QED) is 0.0369. The van der Waals surface area contributed by atoms with Crippen LogP contribution in [0.15, 0.2) is 72.8 Å². The molecule has 14 N–H and O–H groups in total. The lowest BCUT2D eigenvalue weighted by Gasteiger charge is -2.28. The second-order valence-electron chi connectivity index (χ2n) is 21.4. The largest absolute Gasteiger partial charge is 0.508 e. The molecule has 0 unspecified atom stereocenters. The maximum atomic E-state index is 14.5. The van der Waals surface area contributed by atoms with Crippen molar-refractivity contribution in [3.8, 4) is 5.75 Å². The second-order valence-corrected chi connectivity index (χ2v) is 23.4. The molecule has 86 heavy (non-hydrogen) atoms. The molecule has 7 atom stereocenters. The number of phenols is 1. The van der Waals surface area contributed by atoms with Gasteiger partial charge in [0.2, 0.25) is 53.2 Å². The number of primary amides is 1. The van der Waals surface area contributed by atoms with Crippen LogP contribution in [0.2, 0.25) is 10.0 Å². The summed E-state index contributed by atoms with van der Waals surface area (Å²) in [5, 5.41) is 51.9. The van der Waals surface area contributed by atoms with Crippen LogP contribution in [0.5, 0.6) is 5.75 Å². The molecule has 0 saturated heterocycles. The van der Waals surface area contributed by atoms with Gasteiger partial charge in [0.1, 0.15) is 47.3 Å². The van der Waals surface area contributed by atoms with Crippen molar-refractivity contribution in [1.82, 2.24) is 47.9 Å². The molecule has 0 aliphatic carbocycles. The first kappa shape index (κ1) is 72.3. The number of nitrogens with one attached hydrogen (secondary N) is 9. The summed E-state index contributed by atoms with van der Waals surface area (Å²) >= 11 is 13.1. The number of amides is 10. The summed E-state index contributed by atoms with van der Waals surface area (Å²) in [5.74, 6) is -11.8. The number of thioether (sulfide) groups is 1. The van der Waals surface area contributed by atoms with Gasteiger partial charge in [-0.1, -0.05) is 101 Å². The zero-order chi connectivity index (χ0) is 64.2. The Morgan fingerprint density at radius 1 is 0.558 bits per heavy atom. The van der Waals surface area contributed by atoms with Gasteiger partial charge in [0.15, 0.2) is 0 Å². The number of nitrogens with two attached hydrogens (primary N) is 1. The van der Waals surface area contributed by atoms with Gasteiger partial charge in [-0.25, -0.2) is 0 Å². The standard InChI is InChI=1S/C58H78Cl2N10O15S/c1-31(2)24-42(68-57(83)50(33(5)6)70-47(74)28-63-52(78)36-12-8-7-9-13-36)56(82)65-40(14-10-11-23-62-45(72)27-44(58(84)85)86-30-35-17-20-38(59)39(60)25-35)54(80)66-41(21-22-48(75)76)55(81)67-43(26-34-15-18-37(71)19-16-34)53(79)64-29-46(73)69-49(32(3)4)51(61)77/h7-9,12-13,15-20,25,31-33,40-44,49-50,71H,10-11,14,21-24,26-30H2,1-6H3,(H2,61,77)(H,62,72)(H,63,78)(H,64,79)(H,65,82)(H,66,80)(H,67,81)(H,68,83)(H,69,73)(H,70,74)(H,75,76)(H,84,85)/t40-,41-,42-,43-,44-,49-,50-/m0/s1. The minimum atomic E-state index is -1.70. The number of phenolic OH excluding ortho intramolecular Hbond substituents is 1. The van der Waals surface area contributed by atoms with Gasteiger partial charge in [0.25, 0.3) is 5.91 Å². The Morgan fingerprint density at radius 3 is 1.66 bits per heavy atom. The van der Waals surface area contributed by atoms with Crippen molar-refractivity contribution in [2.24, 2.45) is 23.5 Å². The lowest BCUT2D eigenvalue weighted by molar-refractivity contribution is -0.139. The Morgan fingerprint density at radius 2 is 1.10 bits per heavy atom. The van der Waals surface area contributed by atoms with Crippen LogP contribution in [0, 0.1) is 17.8 Å². The highest BCUT2D eigenvalue weighted by Gasteiger charge is 2.34. The summed E-state index contributed by atoms with van der Waals surface area (Å²) in [5.41, 5.74) is 6.81. The molecule has 0 aromatic heterocycles. The fourth-order valence-electron chi connectivity index (χ4n) is 8.34. The lowest BCUT2D eigenvalue weighted by Crippen LogP contribution is -2.60. The molecule has 0 heterocycles. The highest BCUT2D eigenvalue weighted by atomic mass is 35.5. The fraction of sp³-hybridized carbons (Fsp3) is 0.483. The lowest BCUT2D eigenvalue weighted by atomic mass is 9.99. The number of unbranched alkanes of at least 4 members (excludes halogenated alkanes) is 1. The number of aliphatic carboxylic acids is 2. The Kier molecular flexibility index (Phi) is 30.9. The van der Waals surface area contributed by atoms with E-state index in [1.54, 1.807) is 90.1 Å². The Balaban J connectivity index is 1.91. The molecule has 470 valence electrons. The van der Waals surface area contributed by atoms with Crippen LogP contribution in [0.3, 0.4) is 0 Å². The van der Waals surface area contributed by atoms with Crippen LogP contribution in [-0.4, -0.2) is 147 Å². The van der Waals surface area contributed by atoms with Crippen LogP contribution in [-0.2, 0) is 64.9 Å². The predicted molar refractivity (Wildman–Crippen MR) is 321 cm³/mol. The van der Waals surface area contributed by atoms with E-state index in [2.05, 4.69) is 47.9 Å². The number of carboxylic acid groups (broad SMARTS) is 2. The van der Waals surface area contributed by atoms with Crippen molar-refractivity contribution in [3.05, 3.63) is 99.5 Å². The van der Waals surface area contributed by atoms with E-state index in [0.717, 1.165) is 11.8 Å². The fourth-order valence-corrected chi connectivity index (χ4v) is 9.65. The topological polar surface area (TPSA) is 400 Å². The molecule has 10 amide bonds. The molecular weight excluding hydrogens is 1180 g/mol. The molecule has 0 fully saturated rings. The highest BCUT2D eigenvalue weighted by molar-refractivity contribution is 7.99. The first-order valence-electron chi connectivity index (χ1n) is 27.8. The molecule has 3 aromatic rings. The van der Waals surface area contributed by atoms with Crippen LogP contribution in [0.25, 0.3) is 0 Å². The maximum absolute atomic E-state index is 14.5. The average Bonchev–Trinajstić information content (AvgIpc) is 3.35. The van der Waals surface area contributed by atoms with Crippen LogP contribution < -0.4 is 53.6 Å². The number of hydrogen-bond donors (Lipinski definition) is 13. The molecule has 3 aromatic carbocycles. The number of carbonyl (C=O) groups excluding carboxylic acids is 10. The number of hydrogen-bond acceptors (Lipinski definition) is 14. The van der Waals surface area contributed by atoms with Gasteiger partial charge in [-0.2, -0.15) is 0 Å². The first-order chi connectivity index (χ1) is 40.5. The summed E-state index contributed by atoms with van der Waals surface area (Å²) in [6.45, 7) is 8.90. The number of carboxylic acids is 2. The number of benzene rings is 3. The second kappa shape index (κ2) is 36.8. The van der Waals surface area contributed by atoms with E-state index >= 15 is 0 Å². The van der Waals surface area contributed by atoms with Gasteiger partial charge in [0.05, 0.1) is 23.1 Å². The molecule has 3 rings (SSSR count). The third-order valence-corrected chi connectivity index (χ3v) is 15.0. The molecule has 0 bridgehead atoms. The predicted octanol–water partition coefficient (Wildman–Crippen LogP) is 2.47. The van der Waals surface area contributed by atoms with E-state index in [4.69, 9.17) is 28.9 Å². The third-order valence-electron chi connectivity index (χ3n) is 13.0. The van der Waals surface area contributed by atoms with Crippen molar-refractivity contribution in [2.75, 3.05) is 19.6 Å². The smallest absolute Gasteiger partial charge is 0.317 e. The summed E-state index contributed by atoms with van der Waals surface area (Å²) < 4.78 is 0. The molecule has 0 spiro atoms. The van der Waals surface area contributed by atoms with Gasteiger partial charge in [-0.15, -0.1) is 11.8 Å². The first-order valence-corrected chi connectivity index (χ1v) is 29.6. The maximum Gasteiger partial charge on any atom is 0.317 e. The van der Waals surface area contributed by atoms with Gasteiger partial charge < -0.3 is 68.9 Å². The molecule has 0 aliphatic heterocycles. The van der Waals surface area contributed by atoms with E-state index in [1.807, 2.05) is 0 Å². The zero-order valence-electron chi connectivity index (χ0n) is 48.7. The minimum Gasteiger partial charge on any atom is -0.508 e. The summed E-state index contributed by atoms with van der Waals surface area (Å²) in [7, 11) is 0. The molecular formula is C58H78Cl2N10O15S. The van der Waals surface area contributed by atoms with Crippen molar-refractivity contribution in [3.63, 3.8) is 0 Å². The molecule has 25 nitrogen and oxygen atoms in total. The van der Waals surface area contributed by atoms with Crippen molar-refractivity contribution >= 4 is 106 Å². The number of halogens is 2. The third kappa shape index (κ3) is 26.5. The highest BCUT2D eigenvalue weighted by Crippen LogP contribution is 2.27. The van der Waals surface area contributed by atoms with E-state index in [9.17, 15) is 72.9 Å². The molecule has 0 aliphatic rings. The van der Waals surface area contributed by atoms with E-state index in [0.29, 0.717) is 21.7 Å². The molecule has 0 radical (unpaired) electrons. The Hall–Kier alpha value is -7.97. The van der Waals surface area contributed by atoms with Crippen LogP contribution in [0.1, 0.15) is 108 Å². The summed E-state index contributed by atoms with van der Waals surface area (Å²) in [6.07, 6.45) is -1.84. The van der Waals surface area contributed by atoms with Crippen LogP contribution >= 0.6 is 35.0 Å². The number of carbonyl (C=O) groups is 12. The average molecular weight is 1260 g/mol. The minimum absolute atomic E-state index is 0.00610. The summed E-state index contributed by atoms with van der Waals surface area (Å²) in [6, 6.07) is 10.1. The van der Waals surface area contributed by atoms with Crippen LogP contribution in [0.4, 0.5) is 0 Å². The number of rotatable bonds is 37. The van der Waals surface area contributed by atoms with Crippen molar-refractivity contribution in [2.45, 2.75) is 140 Å². The normalized spacial score (nSPS) is 13.5. The van der Waals surface area contributed by atoms with Gasteiger partial charge in [0, 0.05) is 37.1 Å². The SMILES string of the molecule is CC(C)C[C@H](NC(=O)[C@@H](NC(=O)CNC(=O)c1ccccc1)C(C)C)C(=O)N[C@@H](CCCCNC(=O)C[C@H](SCc1ccc(Cl)c(Cl)c1)C(=O)O)C(=O)N[C@@H](CCC(=O)O)C(=O)N[C@@H](Cc1ccc(O)cc1)C(=O)NCC(=O)N[C@H](C(N)=O)C(C)C. The molecule has 0 saturated carbocycles. The van der Waals surface area contributed by atoms with Gasteiger partial charge >= 0.3 is 11.9 Å². The van der Waals surface area contributed by atoms with Gasteiger partial charge in [-0.3, -0.25) is 57.5 Å². The van der Waals surface area contributed by atoms with Gasteiger partial charge in [-0.05, 0) is 97.4 Å². The number of aromatic hydroxyl groups is 1. The summed E-state index contributed by atoms with van der Waals surface area (Å²) in [4.78, 5) is 159. The monoisotopic (exact) mass is 1260 g/mol. The van der Waals surface area contributed by atoms with E-state index < -0.39 is 157 Å². The van der Waals surface area contributed by atoms with Crippen molar-refractivity contribution < 1.29 is 72.9 Å².